The highest BCUT2D eigenvalue weighted by Crippen LogP contribution is 2.38. The lowest BCUT2D eigenvalue weighted by atomic mass is 9.86. The normalized spacial score (nSPS) is 25.6. The maximum atomic E-state index is 12.5. The van der Waals surface area contributed by atoms with Crippen LogP contribution in [-0.2, 0) is 11.2 Å². The highest BCUT2D eigenvalue weighted by atomic mass is 16.2. The van der Waals surface area contributed by atoms with Crippen molar-refractivity contribution in [1.29, 1.82) is 0 Å². The molecule has 2 fully saturated rings. The van der Waals surface area contributed by atoms with Crippen LogP contribution in [0.3, 0.4) is 0 Å². The number of rotatable bonds is 2. The Balaban J connectivity index is 1.30. The van der Waals surface area contributed by atoms with Gasteiger partial charge in [-0.3, -0.25) is 4.79 Å². The predicted molar refractivity (Wildman–Crippen MR) is 96.6 cm³/mol. The number of carbonyl (C=O) groups excluding carboxylic acids is 2. The molecule has 0 aromatic heterocycles. The van der Waals surface area contributed by atoms with E-state index in [9.17, 15) is 9.59 Å². The summed E-state index contributed by atoms with van der Waals surface area (Å²) < 4.78 is 0. The lowest BCUT2D eigenvalue weighted by molar-refractivity contribution is -0.117. The van der Waals surface area contributed by atoms with Crippen molar-refractivity contribution in [3.05, 3.63) is 29.8 Å². The molecule has 6 heteroatoms. The standard InChI is InChI=1S/C19H26N4O2/c1-21-10-7-19(13-21)8-11-22(14-19)18(25)20-12-17(24)23-9-6-15-4-2-3-5-16(15)23/h2-5H,6-14H2,1H3,(H,20,25). The molecule has 0 saturated carbocycles. The number of hydrogen-bond donors (Lipinski definition) is 1. The third kappa shape index (κ3) is 3.11. The molecule has 3 amide bonds. The Morgan fingerprint density at radius 2 is 1.92 bits per heavy atom. The molecule has 1 aromatic rings. The Hall–Kier alpha value is -2.08. The monoisotopic (exact) mass is 342 g/mol. The van der Waals surface area contributed by atoms with Crippen LogP contribution in [0.25, 0.3) is 0 Å². The number of hydrogen-bond acceptors (Lipinski definition) is 3. The van der Waals surface area contributed by atoms with Crippen LogP contribution in [0, 0.1) is 5.41 Å². The van der Waals surface area contributed by atoms with Crippen LogP contribution in [0.15, 0.2) is 24.3 Å². The molecule has 0 bridgehead atoms. The Kier molecular flexibility index (Phi) is 4.15. The summed E-state index contributed by atoms with van der Waals surface area (Å²) in [6.45, 7) is 4.55. The highest BCUT2D eigenvalue weighted by molar-refractivity contribution is 5.98. The number of urea groups is 1. The van der Waals surface area contributed by atoms with Crippen molar-refractivity contribution in [2.45, 2.75) is 19.3 Å². The number of fused-ring (bicyclic) bond motifs is 1. The van der Waals surface area contributed by atoms with E-state index in [0.717, 1.165) is 51.1 Å². The van der Waals surface area contributed by atoms with Crippen LogP contribution in [-0.4, -0.2) is 68.1 Å². The first-order valence-corrected chi connectivity index (χ1v) is 9.16. The van der Waals surface area contributed by atoms with Crippen LogP contribution in [0.5, 0.6) is 0 Å². The molecule has 3 aliphatic rings. The first kappa shape index (κ1) is 16.4. The van der Waals surface area contributed by atoms with E-state index in [2.05, 4.69) is 23.3 Å². The second-order valence-electron chi connectivity index (χ2n) is 7.74. The Morgan fingerprint density at radius 1 is 1.12 bits per heavy atom. The van der Waals surface area contributed by atoms with Crippen LogP contribution >= 0.6 is 0 Å². The van der Waals surface area contributed by atoms with E-state index < -0.39 is 0 Å². The zero-order chi connectivity index (χ0) is 17.4. The minimum atomic E-state index is -0.104. The van der Waals surface area contributed by atoms with Crippen molar-refractivity contribution in [2.24, 2.45) is 5.41 Å². The van der Waals surface area contributed by atoms with Gasteiger partial charge in [-0.15, -0.1) is 0 Å². The molecule has 0 radical (unpaired) electrons. The molecular formula is C19H26N4O2. The van der Waals surface area contributed by atoms with Crippen LogP contribution in [0.2, 0.25) is 0 Å². The lowest BCUT2D eigenvalue weighted by Gasteiger charge is -2.24. The molecule has 3 heterocycles. The molecule has 1 atom stereocenters. The number of amides is 3. The zero-order valence-electron chi connectivity index (χ0n) is 14.8. The van der Waals surface area contributed by atoms with E-state index in [1.165, 1.54) is 5.56 Å². The summed E-state index contributed by atoms with van der Waals surface area (Å²) in [5, 5.41) is 2.83. The summed E-state index contributed by atoms with van der Waals surface area (Å²) in [7, 11) is 2.14. The van der Waals surface area contributed by atoms with Gasteiger partial charge in [-0.25, -0.2) is 4.79 Å². The minimum absolute atomic E-state index is 0.0344. The van der Waals surface area contributed by atoms with Gasteiger partial charge in [0.1, 0.15) is 0 Å². The van der Waals surface area contributed by atoms with Crippen molar-refractivity contribution >= 4 is 17.6 Å². The van der Waals surface area contributed by atoms with E-state index in [0.29, 0.717) is 6.54 Å². The van der Waals surface area contributed by atoms with Crippen molar-refractivity contribution < 1.29 is 9.59 Å². The number of nitrogens with one attached hydrogen (secondary N) is 1. The van der Waals surface area contributed by atoms with Crippen molar-refractivity contribution in [3.8, 4) is 0 Å². The van der Waals surface area contributed by atoms with Crippen LogP contribution in [0.4, 0.5) is 10.5 Å². The number of anilines is 1. The maximum Gasteiger partial charge on any atom is 0.317 e. The van der Waals surface area contributed by atoms with E-state index in [1.807, 2.05) is 23.1 Å². The number of nitrogens with zero attached hydrogens (tertiary/aromatic N) is 3. The quantitative estimate of drug-likeness (QED) is 0.882. The average Bonchev–Trinajstić information content (AvgIpc) is 3.31. The van der Waals surface area contributed by atoms with Gasteiger partial charge in [0.25, 0.3) is 0 Å². The fourth-order valence-corrected chi connectivity index (χ4v) is 4.56. The first-order valence-electron chi connectivity index (χ1n) is 9.16. The SMILES string of the molecule is CN1CCC2(CCN(C(=O)NCC(=O)N3CCc4ccccc43)C2)C1. The average molecular weight is 342 g/mol. The maximum absolute atomic E-state index is 12.5. The molecule has 2 saturated heterocycles. The zero-order valence-corrected chi connectivity index (χ0v) is 14.8. The van der Waals surface area contributed by atoms with Crippen LogP contribution in [0.1, 0.15) is 18.4 Å². The van der Waals surface area contributed by atoms with Gasteiger partial charge in [-0.05, 0) is 44.5 Å². The molecule has 6 nitrogen and oxygen atoms in total. The summed E-state index contributed by atoms with van der Waals surface area (Å²) in [5.74, 6) is -0.0344. The van der Waals surface area contributed by atoms with Gasteiger partial charge in [-0.1, -0.05) is 18.2 Å². The molecule has 1 N–H and O–H groups in total. The second kappa shape index (κ2) is 6.33. The highest BCUT2D eigenvalue weighted by Gasteiger charge is 2.43. The summed E-state index contributed by atoms with van der Waals surface area (Å²) in [4.78, 5) is 31.0. The topological polar surface area (TPSA) is 55.9 Å². The Labute approximate surface area is 148 Å². The lowest BCUT2D eigenvalue weighted by Crippen LogP contribution is -2.45. The fraction of sp³-hybridized carbons (Fsp3) is 0.579. The second-order valence-corrected chi connectivity index (χ2v) is 7.74. The van der Waals surface area contributed by atoms with Crippen LogP contribution < -0.4 is 10.2 Å². The summed E-state index contributed by atoms with van der Waals surface area (Å²) in [6, 6.07) is 7.88. The largest absolute Gasteiger partial charge is 0.329 e. The predicted octanol–water partition coefficient (Wildman–Crippen LogP) is 1.31. The first-order chi connectivity index (χ1) is 12.1. The minimum Gasteiger partial charge on any atom is -0.329 e. The van der Waals surface area contributed by atoms with Gasteiger partial charge in [0.15, 0.2) is 0 Å². The third-order valence-electron chi connectivity index (χ3n) is 5.93. The van der Waals surface area contributed by atoms with Gasteiger partial charge >= 0.3 is 6.03 Å². The van der Waals surface area contributed by atoms with Crippen molar-refractivity contribution in [3.63, 3.8) is 0 Å². The molecule has 0 aliphatic carbocycles. The number of benzene rings is 1. The van der Waals surface area contributed by atoms with Gasteiger partial charge in [0.2, 0.25) is 5.91 Å². The van der Waals surface area contributed by atoms with Gasteiger partial charge < -0.3 is 20.0 Å². The summed E-state index contributed by atoms with van der Waals surface area (Å²) in [5.41, 5.74) is 2.45. The molecule has 4 rings (SSSR count). The molecular weight excluding hydrogens is 316 g/mol. The number of para-hydroxylation sites is 1. The molecule has 1 spiro atoms. The van der Waals surface area contributed by atoms with Gasteiger partial charge in [-0.2, -0.15) is 0 Å². The molecule has 134 valence electrons. The smallest absolute Gasteiger partial charge is 0.317 e. The molecule has 1 unspecified atom stereocenters. The number of carbonyl (C=O) groups is 2. The van der Waals surface area contributed by atoms with E-state index in [-0.39, 0.29) is 23.9 Å². The fourth-order valence-electron chi connectivity index (χ4n) is 4.56. The van der Waals surface area contributed by atoms with Crippen molar-refractivity contribution in [2.75, 3.05) is 51.2 Å². The van der Waals surface area contributed by atoms with E-state index >= 15 is 0 Å². The molecule has 25 heavy (non-hydrogen) atoms. The third-order valence-corrected chi connectivity index (χ3v) is 5.93. The van der Waals surface area contributed by atoms with Crippen molar-refractivity contribution in [1.82, 2.24) is 15.1 Å². The van der Waals surface area contributed by atoms with Gasteiger partial charge in [0.05, 0.1) is 6.54 Å². The number of likely N-dealkylation sites (tertiary alicyclic amines) is 2. The molecule has 3 aliphatic heterocycles. The van der Waals surface area contributed by atoms with E-state index in [1.54, 1.807) is 4.90 Å². The summed E-state index contributed by atoms with van der Waals surface area (Å²) in [6.07, 6.45) is 3.12. The van der Waals surface area contributed by atoms with Gasteiger partial charge in [0, 0.05) is 37.3 Å². The molecule has 1 aromatic carbocycles. The van der Waals surface area contributed by atoms with E-state index in [4.69, 9.17) is 0 Å². The summed E-state index contributed by atoms with van der Waals surface area (Å²) >= 11 is 0. The Bertz CT molecular complexity index is 692. The Morgan fingerprint density at radius 3 is 2.72 bits per heavy atom.